The molecule has 2 rings (SSSR count). The minimum absolute atomic E-state index is 0.215. The average Bonchev–Trinajstić information content (AvgIpc) is 2.72. The van der Waals surface area contributed by atoms with E-state index in [1.165, 1.54) is 32.1 Å². The van der Waals surface area contributed by atoms with Crippen LogP contribution in [0.1, 0.15) is 52.4 Å². The van der Waals surface area contributed by atoms with Gasteiger partial charge >= 0.3 is 0 Å². The van der Waals surface area contributed by atoms with E-state index in [0.29, 0.717) is 12.0 Å². The van der Waals surface area contributed by atoms with Crippen molar-refractivity contribution >= 4 is 5.91 Å². The Balaban J connectivity index is 1.76. The zero-order valence-electron chi connectivity index (χ0n) is 13.9. The lowest BCUT2D eigenvalue weighted by Crippen LogP contribution is -2.43. The van der Waals surface area contributed by atoms with Crippen LogP contribution in [-0.4, -0.2) is 50.1 Å². The lowest BCUT2D eigenvalue weighted by molar-refractivity contribution is -0.122. The van der Waals surface area contributed by atoms with Crippen LogP contribution in [0.2, 0.25) is 0 Å². The van der Waals surface area contributed by atoms with Crippen molar-refractivity contribution in [2.45, 2.75) is 52.4 Å². The zero-order chi connectivity index (χ0) is 15.1. The Bertz CT molecular complexity index is 316. The second-order valence-corrected chi connectivity index (χ2v) is 7.46. The summed E-state index contributed by atoms with van der Waals surface area (Å²) in [5, 5.41) is 6.62. The Morgan fingerprint density at radius 2 is 1.95 bits per heavy atom. The number of nitrogens with one attached hydrogen (secondary N) is 2. The summed E-state index contributed by atoms with van der Waals surface area (Å²) in [6, 6.07) is 0. The minimum Gasteiger partial charge on any atom is -0.354 e. The highest BCUT2D eigenvalue weighted by atomic mass is 16.2. The van der Waals surface area contributed by atoms with E-state index in [1.807, 2.05) is 0 Å². The van der Waals surface area contributed by atoms with Crippen molar-refractivity contribution in [3.63, 3.8) is 0 Å². The maximum atomic E-state index is 12.2. The Labute approximate surface area is 130 Å². The Morgan fingerprint density at radius 3 is 2.67 bits per heavy atom. The molecule has 21 heavy (non-hydrogen) atoms. The molecular formula is C17H33N3O. The summed E-state index contributed by atoms with van der Waals surface area (Å²) in [7, 11) is 0. The van der Waals surface area contributed by atoms with E-state index in [0.717, 1.165) is 45.1 Å². The lowest BCUT2D eigenvalue weighted by Gasteiger charge is -2.31. The first kappa shape index (κ1) is 16.8. The van der Waals surface area contributed by atoms with Crippen LogP contribution in [0.4, 0.5) is 0 Å². The number of carbonyl (C=O) groups excluding carboxylic acids is 1. The topological polar surface area (TPSA) is 44.4 Å². The summed E-state index contributed by atoms with van der Waals surface area (Å²) in [5.74, 6) is 0.934. The SMILES string of the molecule is CC(C)CC1(CNC(=O)CN2CCCNCC2)CCCC1. The standard InChI is InChI=1S/C17H33N3O/c1-15(2)12-17(6-3-4-7-17)14-19-16(21)13-20-10-5-8-18-9-11-20/h15,18H,3-14H2,1-2H3,(H,19,21). The Morgan fingerprint density at radius 1 is 1.19 bits per heavy atom. The van der Waals surface area contributed by atoms with Crippen LogP contribution in [-0.2, 0) is 4.79 Å². The molecule has 1 heterocycles. The normalized spacial score (nSPS) is 23.2. The van der Waals surface area contributed by atoms with Gasteiger partial charge in [0, 0.05) is 19.6 Å². The number of carbonyl (C=O) groups is 1. The summed E-state index contributed by atoms with van der Waals surface area (Å²) in [5.41, 5.74) is 0.379. The number of amides is 1. The van der Waals surface area contributed by atoms with Crippen molar-refractivity contribution in [2.75, 3.05) is 39.3 Å². The second kappa shape index (κ2) is 8.14. The van der Waals surface area contributed by atoms with Crippen LogP contribution in [0.3, 0.4) is 0 Å². The van der Waals surface area contributed by atoms with Gasteiger partial charge in [0.2, 0.25) is 5.91 Å². The smallest absolute Gasteiger partial charge is 0.234 e. The van der Waals surface area contributed by atoms with Crippen LogP contribution in [0.15, 0.2) is 0 Å². The molecule has 2 N–H and O–H groups in total. The number of nitrogens with zero attached hydrogens (tertiary/aromatic N) is 1. The van der Waals surface area contributed by atoms with E-state index < -0.39 is 0 Å². The van der Waals surface area contributed by atoms with Crippen LogP contribution in [0, 0.1) is 11.3 Å². The van der Waals surface area contributed by atoms with E-state index >= 15 is 0 Å². The van der Waals surface area contributed by atoms with Gasteiger partial charge < -0.3 is 10.6 Å². The van der Waals surface area contributed by atoms with Gasteiger partial charge in [-0.1, -0.05) is 26.7 Å². The molecule has 0 aromatic heterocycles. The third-order valence-electron chi connectivity index (χ3n) is 4.97. The molecule has 0 aromatic carbocycles. The molecule has 0 aromatic rings. The highest BCUT2D eigenvalue weighted by molar-refractivity contribution is 5.78. The van der Waals surface area contributed by atoms with Gasteiger partial charge in [-0.25, -0.2) is 0 Å². The first-order chi connectivity index (χ1) is 10.1. The Kier molecular flexibility index (Phi) is 6.49. The van der Waals surface area contributed by atoms with E-state index in [1.54, 1.807) is 0 Å². The van der Waals surface area contributed by atoms with Gasteiger partial charge in [0.15, 0.2) is 0 Å². The largest absolute Gasteiger partial charge is 0.354 e. The molecule has 4 heteroatoms. The van der Waals surface area contributed by atoms with Crippen molar-refractivity contribution in [2.24, 2.45) is 11.3 Å². The monoisotopic (exact) mass is 295 g/mol. The minimum atomic E-state index is 0.215. The predicted octanol–water partition coefficient (Wildman–Crippen LogP) is 2.00. The molecule has 1 aliphatic heterocycles. The van der Waals surface area contributed by atoms with Crippen LogP contribution < -0.4 is 10.6 Å². The summed E-state index contributed by atoms with van der Waals surface area (Å²) < 4.78 is 0. The number of rotatable bonds is 6. The molecule has 1 aliphatic carbocycles. The third-order valence-corrected chi connectivity index (χ3v) is 4.97. The Hall–Kier alpha value is -0.610. The molecule has 2 fully saturated rings. The quantitative estimate of drug-likeness (QED) is 0.788. The van der Waals surface area contributed by atoms with Gasteiger partial charge in [-0.3, -0.25) is 9.69 Å². The van der Waals surface area contributed by atoms with Gasteiger partial charge in [0.05, 0.1) is 6.54 Å². The van der Waals surface area contributed by atoms with E-state index in [9.17, 15) is 4.79 Å². The molecule has 1 saturated carbocycles. The molecule has 0 radical (unpaired) electrons. The van der Waals surface area contributed by atoms with Crippen molar-refractivity contribution in [1.29, 1.82) is 0 Å². The maximum Gasteiger partial charge on any atom is 0.234 e. The molecule has 4 nitrogen and oxygen atoms in total. The average molecular weight is 295 g/mol. The first-order valence-electron chi connectivity index (χ1n) is 8.79. The summed E-state index contributed by atoms with van der Waals surface area (Å²) >= 11 is 0. The number of hydrogen-bond acceptors (Lipinski definition) is 3. The molecule has 0 spiro atoms. The highest BCUT2D eigenvalue weighted by Crippen LogP contribution is 2.42. The third kappa shape index (κ3) is 5.59. The molecule has 1 saturated heterocycles. The van der Waals surface area contributed by atoms with Crippen molar-refractivity contribution in [3.8, 4) is 0 Å². The van der Waals surface area contributed by atoms with Gasteiger partial charge in [-0.15, -0.1) is 0 Å². The van der Waals surface area contributed by atoms with Crippen molar-refractivity contribution < 1.29 is 4.79 Å². The summed E-state index contributed by atoms with van der Waals surface area (Å²) in [4.78, 5) is 14.5. The molecule has 0 unspecified atom stereocenters. The summed E-state index contributed by atoms with van der Waals surface area (Å²) in [6.07, 6.45) is 7.64. The maximum absolute atomic E-state index is 12.2. The van der Waals surface area contributed by atoms with E-state index in [-0.39, 0.29) is 5.91 Å². The van der Waals surface area contributed by atoms with E-state index in [4.69, 9.17) is 0 Å². The molecule has 122 valence electrons. The summed E-state index contributed by atoms with van der Waals surface area (Å²) in [6.45, 7) is 10.2. The van der Waals surface area contributed by atoms with Gasteiger partial charge in [-0.2, -0.15) is 0 Å². The molecular weight excluding hydrogens is 262 g/mol. The highest BCUT2D eigenvalue weighted by Gasteiger charge is 2.34. The fourth-order valence-electron chi connectivity index (χ4n) is 4.05. The molecule has 0 atom stereocenters. The molecule has 2 aliphatic rings. The molecule has 1 amide bonds. The van der Waals surface area contributed by atoms with E-state index in [2.05, 4.69) is 29.4 Å². The predicted molar refractivity (Wildman–Crippen MR) is 87.3 cm³/mol. The van der Waals surface area contributed by atoms with Gasteiger partial charge in [-0.05, 0) is 50.1 Å². The lowest BCUT2D eigenvalue weighted by atomic mass is 9.78. The zero-order valence-corrected chi connectivity index (χ0v) is 13.9. The second-order valence-electron chi connectivity index (χ2n) is 7.46. The fraction of sp³-hybridized carbons (Fsp3) is 0.941. The van der Waals surface area contributed by atoms with Gasteiger partial charge in [0.25, 0.3) is 0 Å². The number of hydrogen-bond donors (Lipinski definition) is 2. The first-order valence-corrected chi connectivity index (χ1v) is 8.79. The van der Waals surface area contributed by atoms with Crippen molar-refractivity contribution in [3.05, 3.63) is 0 Å². The molecule has 0 bridgehead atoms. The van der Waals surface area contributed by atoms with Crippen molar-refractivity contribution in [1.82, 2.24) is 15.5 Å². The fourth-order valence-corrected chi connectivity index (χ4v) is 4.05. The van der Waals surface area contributed by atoms with Crippen LogP contribution in [0.5, 0.6) is 0 Å². The van der Waals surface area contributed by atoms with Crippen LogP contribution in [0.25, 0.3) is 0 Å². The van der Waals surface area contributed by atoms with Gasteiger partial charge in [0.1, 0.15) is 0 Å². The van der Waals surface area contributed by atoms with Crippen LogP contribution >= 0.6 is 0 Å².